The van der Waals surface area contributed by atoms with Crippen molar-refractivity contribution in [3.63, 3.8) is 0 Å². The molecule has 0 unspecified atom stereocenters. The third-order valence-electron chi connectivity index (χ3n) is 4.33. The fourth-order valence-corrected chi connectivity index (χ4v) is 4.98. The van der Waals surface area contributed by atoms with Gasteiger partial charge in [0.2, 0.25) is 5.78 Å². The number of ketones is 1. The lowest BCUT2D eigenvalue weighted by atomic mass is 10.2. The second-order valence-electron chi connectivity index (χ2n) is 6.21. The number of nitrogens with zero attached hydrogens (tertiary/aromatic N) is 4. The third-order valence-corrected chi connectivity index (χ3v) is 6.51. The van der Waals surface area contributed by atoms with E-state index < -0.39 is 0 Å². The number of carbonyl (C=O) groups excluding carboxylic acids is 1. The van der Waals surface area contributed by atoms with Gasteiger partial charge in [-0.2, -0.15) is 0 Å². The number of thiazole rings is 2. The Labute approximate surface area is 158 Å². The van der Waals surface area contributed by atoms with Gasteiger partial charge < -0.3 is 11.1 Å². The van der Waals surface area contributed by atoms with Gasteiger partial charge in [-0.25, -0.2) is 9.97 Å². The maximum absolute atomic E-state index is 13.0. The van der Waals surface area contributed by atoms with E-state index in [4.69, 9.17) is 5.73 Å². The molecule has 0 aromatic carbocycles. The highest BCUT2D eigenvalue weighted by molar-refractivity contribution is 7.21. The molecule has 3 aromatic rings. The number of aryl methyl sites for hydroxylation is 1. The second-order valence-corrected chi connectivity index (χ2v) is 8.21. The minimum Gasteiger partial charge on any atom is -0.382 e. The summed E-state index contributed by atoms with van der Waals surface area (Å²) in [6.45, 7) is 1.82. The molecule has 134 valence electrons. The number of hydrogen-bond acceptors (Lipinski definition) is 9. The Bertz CT molecular complexity index is 930. The van der Waals surface area contributed by atoms with E-state index >= 15 is 0 Å². The Kier molecular flexibility index (Phi) is 4.64. The maximum atomic E-state index is 13.0. The van der Waals surface area contributed by atoms with E-state index in [0.717, 1.165) is 12.8 Å². The van der Waals surface area contributed by atoms with Crippen molar-refractivity contribution < 1.29 is 4.79 Å². The number of rotatable bonds is 5. The number of aromatic nitrogens is 4. The lowest BCUT2D eigenvalue weighted by molar-refractivity contribution is 0.104. The van der Waals surface area contributed by atoms with E-state index in [-0.39, 0.29) is 11.6 Å². The number of carbonyl (C=O) groups is 1. The molecule has 1 saturated carbocycles. The number of nitrogens with two attached hydrogens (primary N) is 1. The summed E-state index contributed by atoms with van der Waals surface area (Å²) in [6, 6.07) is 0.428. The highest BCUT2D eigenvalue weighted by atomic mass is 32.1. The van der Waals surface area contributed by atoms with Crippen LogP contribution in [0.3, 0.4) is 0 Å². The average Bonchev–Trinajstić information content (AvgIpc) is 3.36. The van der Waals surface area contributed by atoms with Crippen molar-refractivity contribution in [1.29, 1.82) is 0 Å². The number of nitrogen functional groups attached to an aromatic ring is 1. The SMILES string of the molecule is Cc1nc(-c2cnccn2)sc1C(=O)c1sc(NC2CCCC2)nc1N. The van der Waals surface area contributed by atoms with Crippen molar-refractivity contribution in [2.45, 2.75) is 38.6 Å². The van der Waals surface area contributed by atoms with Crippen molar-refractivity contribution in [2.75, 3.05) is 11.1 Å². The first-order valence-corrected chi connectivity index (χ1v) is 10.1. The van der Waals surface area contributed by atoms with Gasteiger partial charge in [0.05, 0.1) is 16.8 Å². The van der Waals surface area contributed by atoms with Crippen LogP contribution in [-0.4, -0.2) is 31.8 Å². The molecule has 4 rings (SSSR count). The highest BCUT2D eigenvalue weighted by Crippen LogP contribution is 2.34. The Morgan fingerprint density at radius 2 is 2.00 bits per heavy atom. The van der Waals surface area contributed by atoms with Crippen molar-refractivity contribution in [3.8, 4) is 10.7 Å². The van der Waals surface area contributed by atoms with Crippen LogP contribution in [0.25, 0.3) is 10.7 Å². The van der Waals surface area contributed by atoms with Crippen LogP contribution in [0.5, 0.6) is 0 Å². The molecule has 3 N–H and O–H groups in total. The summed E-state index contributed by atoms with van der Waals surface area (Å²) in [7, 11) is 0. The minimum atomic E-state index is -0.135. The van der Waals surface area contributed by atoms with E-state index in [9.17, 15) is 4.79 Å². The van der Waals surface area contributed by atoms with Crippen LogP contribution < -0.4 is 11.1 Å². The Morgan fingerprint density at radius 1 is 1.19 bits per heavy atom. The number of nitrogens with one attached hydrogen (secondary N) is 1. The molecule has 3 heterocycles. The normalized spacial score (nSPS) is 14.7. The molecule has 3 aromatic heterocycles. The van der Waals surface area contributed by atoms with Crippen LogP contribution in [0.15, 0.2) is 18.6 Å². The number of anilines is 2. The van der Waals surface area contributed by atoms with Gasteiger partial charge in [0.1, 0.15) is 21.4 Å². The number of hydrogen-bond donors (Lipinski definition) is 2. The van der Waals surface area contributed by atoms with Gasteiger partial charge >= 0.3 is 0 Å². The molecule has 0 saturated heterocycles. The van der Waals surface area contributed by atoms with Crippen molar-refractivity contribution in [2.24, 2.45) is 0 Å². The predicted octanol–water partition coefficient (Wildman–Crippen LogP) is 3.53. The smallest absolute Gasteiger partial charge is 0.218 e. The molecule has 9 heteroatoms. The standard InChI is InChI=1S/C17H18N6OS2/c1-9-13(25-16(21-9)11-8-19-6-7-20-11)12(24)14-15(18)23-17(26-14)22-10-4-2-3-5-10/h6-8,10H,2-5,18H2,1H3,(H,22,23). The van der Waals surface area contributed by atoms with Gasteiger partial charge in [-0.1, -0.05) is 24.2 Å². The van der Waals surface area contributed by atoms with Crippen molar-refractivity contribution in [1.82, 2.24) is 19.9 Å². The fraction of sp³-hybridized carbons (Fsp3) is 0.353. The molecule has 0 bridgehead atoms. The van der Waals surface area contributed by atoms with Gasteiger partial charge in [-0.15, -0.1) is 11.3 Å². The predicted molar refractivity (Wildman–Crippen MR) is 104 cm³/mol. The summed E-state index contributed by atoms with van der Waals surface area (Å²) in [4.78, 5) is 31.1. The minimum absolute atomic E-state index is 0.135. The van der Waals surface area contributed by atoms with E-state index in [2.05, 4.69) is 25.3 Å². The summed E-state index contributed by atoms with van der Waals surface area (Å²) in [6.07, 6.45) is 9.58. The van der Waals surface area contributed by atoms with E-state index in [1.807, 2.05) is 6.92 Å². The quantitative estimate of drug-likeness (QED) is 0.646. The molecule has 0 radical (unpaired) electrons. The largest absolute Gasteiger partial charge is 0.382 e. The first-order chi connectivity index (χ1) is 12.6. The lowest BCUT2D eigenvalue weighted by Gasteiger charge is -2.09. The molecule has 1 fully saturated rings. The van der Waals surface area contributed by atoms with Gasteiger partial charge in [0.15, 0.2) is 5.13 Å². The average molecular weight is 387 g/mol. The summed E-state index contributed by atoms with van der Waals surface area (Å²) >= 11 is 2.62. The Hall–Kier alpha value is -2.39. The zero-order valence-corrected chi connectivity index (χ0v) is 15.9. The van der Waals surface area contributed by atoms with Gasteiger partial charge in [-0.3, -0.25) is 14.8 Å². The molecular formula is C17H18N6OS2. The van der Waals surface area contributed by atoms with Crippen molar-refractivity contribution in [3.05, 3.63) is 34.0 Å². The summed E-state index contributed by atoms with van der Waals surface area (Å²) in [5, 5.41) is 4.79. The molecule has 0 aliphatic heterocycles. The second kappa shape index (κ2) is 7.08. The molecule has 26 heavy (non-hydrogen) atoms. The van der Waals surface area contributed by atoms with Crippen LogP contribution >= 0.6 is 22.7 Å². The third kappa shape index (κ3) is 3.32. The van der Waals surface area contributed by atoms with Crippen LogP contribution in [-0.2, 0) is 0 Å². The Balaban J connectivity index is 1.60. The molecule has 0 spiro atoms. The van der Waals surface area contributed by atoms with Crippen molar-refractivity contribution >= 4 is 39.4 Å². The van der Waals surface area contributed by atoms with Crippen LogP contribution in [0.1, 0.15) is 45.9 Å². The first-order valence-electron chi connectivity index (χ1n) is 8.43. The summed E-state index contributed by atoms with van der Waals surface area (Å²) in [5.41, 5.74) is 7.34. The highest BCUT2D eigenvalue weighted by Gasteiger charge is 2.24. The zero-order valence-electron chi connectivity index (χ0n) is 14.2. The zero-order chi connectivity index (χ0) is 18.1. The molecular weight excluding hydrogens is 368 g/mol. The molecule has 1 aliphatic rings. The lowest BCUT2D eigenvalue weighted by Crippen LogP contribution is -2.14. The van der Waals surface area contributed by atoms with Crippen LogP contribution in [0, 0.1) is 6.92 Å². The van der Waals surface area contributed by atoms with Gasteiger partial charge in [0, 0.05) is 18.4 Å². The molecule has 1 aliphatic carbocycles. The van der Waals surface area contributed by atoms with Crippen LogP contribution in [0.2, 0.25) is 0 Å². The monoisotopic (exact) mass is 386 g/mol. The molecule has 7 nitrogen and oxygen atoms in total. The fourth-order valence-electron chi connectivity index (χ4n) is 3.03. The maximum Gasteiger partial charge on any atom is 0.218 e. The molecule has 0 amide bonds. The van der Waals surface area contributed by atoms with E-state index in [1.165, 1.54) is 35.5 Å². The summed E-state index contributed by atoms with van der Waals surface area (Å²) < 4.78 is 0. The summed E-state index contributed by atoms with van der Waals surface area (Å²) in [5.74, 6) is 0.138. The Morgan fingerprint density at radius 3 is 2.73 bits per heavy atom. The molecule has 0 atom stereocenters. The van der Waals surface area contributed by atoms with Gasteiger partial charge in [-0.05, 0) is 19.8 Å². The van der Waals surface area contributed by atoms with E-state index in [1.54, 1.807) is 18.6 Å². The van der Waals surface area contributed by atoms with E-state index in [0.29, 0.717) is 37.3 Å². The van der Waals surface area contributed by atoms with Gasteiger partial charge in [0.25, 0.3) is 0 Å². The topological polar surface area (TPSA) is 107 Å². The first kappa shape index (κ1) is 17.0. The van der Waals surface area contributed by atoms with Crippen LogP contribution in [0.4, 0.5) is 10.9 Å².